The van der Waals surface area contributed by atoms with Crippen LogP contribution in [0.4, 0.5) is 23.2 Å². The summed E-state index contributed by atoms with van der Waals surface area (Å²) in [5, 5.41) is 3.26. The molecule has 4 rings (SSSR count). The van der Waals surface area contributed by atoms with Crippen LogP contribution in [0, 0.1) is 11.7 Å². The van der Waals surface area contributed by atoms with Gasteiger partial charge in [-0.3, -0.25) is 9.78 Å². The zero-order valence-electron chi connectivity index (χ0n) is 16.6. The Labute approximate surface area is 171 Å². The van der Waals surface area contributed by atoms with Crippen molar-refractivity contribution in [2.24, 2.45) is 5.92 Å². The van der Waals surface area contributed by atoms with Crippen molar-refractivity contribution in [3.05, 3.63) is 65.7 Å². The third-order valence-corrected chi connectivity index (χ3v) is 5.67. The van der Waals surface area contributed by atoms with Gasteiger partial charge in [0.25, 0.3) is 0 Å². The number of amides is 1. The van der Waals surface area contributed by atoms with Gasteiger partial charge in [-0.1, -0.05) is 18.7 Å². The molecule has 2 unspecified atom stereocenters. The molecule has 0 bridgehead atoms. The van der Waals surface area contributed by atoms with Gasteiger partial charge in [0.1, 0.15) is 5.82 Å². The average Bonchev–Trinajstić information content (AvgIpc) is 3.45. The summed E-state index contributed by atoms with van der Waals surface area (Å²) in [6.45, 7) is 7.82. The Morgan fingerprint density at radius 2 is 1.83 bits per heavy atom. The average molecular weight is 419 g/mol. The number of anilines is 1. The highest BCUT2D eigenvalue weighted by Crippen LogP contribution is 2.54. The summed E-state index contributed by atoms with van der Waals surface area (Å²) in [5.41, 5.74) is 1.97. The molecule has 30 heavy (non-hydrogen) atoms. The van der Waals surface area contributed by atoms with Crippen LogP contribution in [-0.2, 0) is 10.3 Å². The summed E-state index contributed by atoms with van der Waals surface area (Å²) in [5.74, 6) is -2.12. The number of aromatic nitrogens is 1. The van der Waals surface area contributed by atoms with Gasteiger partial charge in [0, 0.05) is 18.2 Å². The van der Waals surface area contributed by atoms with Crippen molar-refractivity contribution in [3.63, 3.8) is 0 Å². The zero-order chi connectivity index (χ0) is 21.8. The minimum Gasteiger partial charge on any atom is -0.375 e. The second-order valence-electron chi connectivity index (χ2n) is 8.35. The molecule has 1 aromatic carbocycles. The minimum absolute atomic E-state index is 0.0109. The first-order valence-corrected chi connectivity index (χ1v) is 9.60. The van der Waals surface area contributed by atoms with Crippen LogP contribution >= 0.6 is 0 Å². The monoisotopic (exact) mass is 419 g/mol. The van der Waals surface area contributed by atoms with Crippen molar-refractivity contribution in [2.45, 2.75) is 37.9 Å². The molecule has 1 amide bonds. The number of nitrogens with zero attached hydrogens (tertiary/aromatic N) is 2. The normalized spacial score (nSPS) is 20.3. The van der Waals surface area contributed by atoms with Crippen molar-refractivity contribution in [1.82, 2.24) is 10.3 Å². The number of hydrogen-bond acceptors (Lipinski definition) is 3. The van der Waals surface area contributed by atoms with Crippen molar-refractivity contribution in [1.29, 1.82) is 0 Å². The van der Waals surface area contributed by atoms with Crippen LogP contribution < -0.4 is 10.2 Å². The molecule has 2 atom stereocenters. The molecule has 1 saturated carbocycles. The van der Waals surface area contributed by atoms with Gasteiger partial charge in [0.2, 0.25) is 0 Å². The van der Waals surface area contributed by atoms with Crippen LogP contribution in [0.3, 0.4) is 0 Å². The fraction of sp³-hybridized carbons (Fsp3) is 0.364. The summed E-state index contributed by atoms with van der Waals surface area (Å²) in [6, 6.07) is 9.06. The third kappa shape index (κ3) is 3.66. The van der Waals surface area contributed by atoms with E-state index in [-0.39, 0.29) is 29.9 Å². The zero-order valence-corrected chi connectivity index (χ0v) is 16.6. The molecular formula is C22H21F4N3O. The lowest BCUT2D eigenvalue weighted by molar-refractivity contribution is -0.170. The fourth-order valence-corrected chi connectivity index (χ4v) is 3.94. The molecule has 1 N–H and O–H groups in total. The fourth-order valence-electron chi connectivity index (χ4n) is 3.94. The maximum atomic E-state index is 13.2. The molecule has 1 fully saturated rings. The van der Waals surface area contributed by atoms with Gasteiger partial charge in [0.15, 0.2) is 0 Å². The van der Waals surface area contributed by atoms with Gasteiger partial charge in [-0.15, -0.1) is 0 Å². The highest BCUT2D eigenvalue weighted by Gasteiger charge is 2.52. The minimum atomic E-state index is -4.93. The molecule has 2 aliphatic rings. The highest BCUT2D eigenvalue weighted by atomic mass is 19.4. The second kappa shape index (κ2) is 6.82. The largest absolute Gasteiger partial charge is 0.471 e. The van der Waals surface area contributed by atoms with Crippen LogP contribution in [0.25, 0.3) is 5.70 Å². The van der Waals surface area contributed by atoms with Crippen LogP contribution in [0.2, 0.25) is 0 Å². The number of benzene rings is 1. The summed E-state index contributed by atoms with van der Waals surface area (Å²) in [7, 11) is 0. The SMILES string of the molecule is C=C(NC(C)(C)c1ccc2c(n1)C1CC1CN2C(=O)C(F)(F)F)c1ccc(F)cc1. The van der Waals surface area contributed by atoms with Crippen LogP contribution in [-0.4, -0.2) is 23.6 Å². The van der Waals surface area contributed by atoms with E-state index in [0.717, 1.165) is 11.3 Å². The van der Waals surface area contributed by atoms with E-state index in [9.17, 15) is 22.4 Å². The second-order valence-corrected chi connectivity index (χ2v) is 8.35. The van der Waals surface area contributed by atoms with E-state index in [4.69, 9.17) is 0 Å². The molecule has 0 saturated heterocycles. The molecule has 2 aromatic rings. The summed E-state index contributed by atoms with van der Waals surface area (Å²) in [4.78, 5) is 17.3. The molecule has 1 aliphatic heterocycles. The van der Waals surface area contributed by atoms with E-state index in [2.05, 4.69) is 16.9 Å². The lowest BCUT2D eigenvalue weighted by Crippen LogP contribution is -2.44. The van der Waals surface area contributed by atoms with Gasteiger partial charge in [-0.2, -0.15) is 13.2 Å². The van der Waals surface area contributed by atoms with E-state index >= 15 is 0 Å². The van der Waals surface area contributed by atoms with E-state index < -0.39 is 17.6 Å². The number of nitrogens with one attached hydrogen (secondary N) is 1. The standard InChI is InChI=1S/C22H21F4N3O/c1-12(13-4-6-15(23)7-5-13)28-21(2,3)18-9-8-17-19(27-18)16-10-14(16)11-29(17)20(30)22(24,25)26/h4-9,14,16,28H,1,10-11H2,2-3H3. The van der Waals surface area contributed by atoms with Gasteiger partial charge in [0.05, 0.1) is 22.6 Å². The molecule has 1 aromatic heterocycles. The number of halogens is 4. The smallest absolute Gasteiger partial charge is 0.375 e. The quantitative estimate of drug-likeness (QED) is 0.729. The molecule has 158 valence electrons. The molecule has 0 radical (unpaired) electrons. The molecule has 4 nitrogen and oxygen atoms in total. The van der Waals surface area contributed by atoms with E-state index in [0.29, 0.717) is 22.6 Å². The molecule has 0 spiro atoms. The Morgan fingerprint density at radius 1 is 1.17 bits per heavy atom. The first-order valence-electron chi connectivity index (χ1n) is 9.60. The highest BCUT2D eigenvalue weighted by molar-refractivity contribution is 5.98. The molecule has 8 heteroatoms. The molecular weight excluding hydrogens is 398 g/mol. The number of carbonyl (C=O) groups is 1. The molecule has 2 heterocycles. The Bertz CT molecular complexity index is 1010. The molecule has 1 aliphatic carbocycles. The summed E-state index contributed by atoms with van der Waals surface area (Å²) >= 11 is 0. The lowest BCUT2D eigenvalue weighted by atomic mass is 9.96. The third-order valence-electron chi connectivity index (χ3n) is 5.67. The Morgan fingerprint density at radius 3 is 2.47 bits per heavy atom. The van der Waals surface area contributed by atoms with E-state index in [1.54, 1.807) is 24.3 Å². The van der Waals surface area contributed by atoms with Crippen LogP contribution in [0.5, 0.6) is 0 Å². The maximum absolute atomic E-state index is 13.2. The summed E-state index contributed by atoms with van der Waals surface area (Å²) in [6.07, 6.45) is -4.20. The van der Waals surface area contributed by atoms with Crippen molar-refractivity contribution in [2.75, 3.05) is 11.4 Å². The van der Waals surface area contributed by atoms with Crippen molar-refractivity contribution < 1.29 is 22.4 Å². The number of pyridine rings is 1. The topological polar surface area (TPSA) is 45.2 Å². The first-order chi connectivity index (χ1) is 14.0. The number of fused-ring (bicyclic) bond motifs is 3. The Kier molecular flexibility index (Phi) is 4.63. The first kappa shape index (κ1) is 20.4. The van der Waals surface area contributed by atoms with Gasteiger partial charge in [-0.05, 0) is 56.0 Å². The van der Waals surface area contributed by atoms with E-state index in [1.807, 2.05) is 13.8 Å². The van der Waals surface area contributed by atoms with E-state index in [1.165, 1.54) is 12.1 Å². The predicted octanol–water partition coefficient (Wildman–Crippen LogP) is 4.73. The Balaban J connectivity index is 1.61. The van der Waals surface area contributed by atoms with Crippen LogP contribution in [0.1, 0.15) is 43.1 Å². The van der Waals surface area contributed by atoms with Crippen molar-refractivity contribution in [3.8, 4) is 0 Å². The predicted molar refractivity (Wildman–Crippen MR) is 105 cm³/mol. The number of rotatable bonds is 4. The number of carbonyl (C=O) groups excluding carboxylic acids is 1. The van der Waals surface area contributed by atoms with Gasteiger partial charge in [-0.25, -0.2) is 4.39 Å². The lowest BCUT2D eigenvalue weighted by Gasteiger charge is -2.32. The number of alkyl halides is 3. The number of hydrogen-bond donors (Lipinski definition) is 1. The van der Waals surface area contributed by atoms with Gasteiger partial charge >= 0.3 is 12.1 Å². The Hall–Kier alpha value is -2.90. The van der Waals surface area contributed by atoms with Crippen molar-refractivity contribution >= 4 is 17.3 Å². The summed E-state index contributed by atoms with van der Waals surface area (Å²) < 4.78 is 52.2. The maximum Gasteiger partial charge on any atom is 0.471 e. The van der Waals surface area contributed by atoms with Crippen LogP contribution in [0.15, 0.2) is 43.0 Å². The van der Waals surface area contributed by atoms with Gasteiger partial charge < -0.3 is 10.2 Å².